The molecule has 1 aromatic carbocycles. The third-order valence-corrected chi connectivity index (χ3v) is 3.90. The highest BCUT2D eigenvalue weighted by Crippen LogP contribution is 2.16. The molecule has 0 aromatic heterocycles. The van der Waals surface area contributed by atoms with E-state index in [1.54, 1.807) is 0 Å². The van der Waals surface area contributed by atoms with Crippen LogP contribution in [-0.4, -0.2) is 6.54 Å². The number of hydrogen-bond acceptors (Lipinski definition) is 1. The lowest BCUT2D eigenvalue weighted by Crippen LogP contribution is -2.20. The van der Waals surface area contributed by atoms with E-state index in [0.717, 1.165) is 12.5 Å². The van der Waals surface area contributed by atoms with Gasteiger partial charge in [0.25, 0.3) is 0 Å². The van der Waals surface area contributed by atoms with Gasteiger partial charge in [0.05, 0.1) is 0 Å². The van der Waals surface area contributed by atoms with Crippen LogP contribution >= 0.6 is 0 Å². The average Bonchev–Trinajstić information content (AvgIpc) is 2.35. The quantitative estimate of drug-likeness (QED) is 0.582. The first kappa shape index (κ1) is 17.2. The number of aryl methyl sites for hydroxylation is 2. The summed E-state index contributed by atoms with van der Waals surface area (Å²) in [4.78, 5) is 0. The van der Waals surface area contributed by atoms with Crippen molar-refractivity contribution in [2.24, 2.45) is 5.92 Å². The Bertz CT molecular complexity index is 361. The number of hydrogen-bond donors (Lipinski definition) is 1. The molecular weight excluding hydrogens is 242 g/mol. The fraction of sp³-hybridized carbons (Fsp3) is 0.684. The lowest BCUT2D eigenvalue weighted by molar-refractivity contribution is 0.498. The first-order chi connectivity index (χ1) is 9.49. The van der Waals surface area contributed by atoms with Crippen LogP contribution in [0.15, 0.2) is 18.2 Å². The summed E-state index contributed by atoms with van der Waals surface area (Å²) in [6, 6.07) is 7.30. The van der Waals surface area contributed by atoms with E-state index in [4.69, 9.17) is 0 Å². The van der Waals surface area contributed by atoms with Gasteiger partial charge in [0.1, 0.15) is 0 Å². The molecule has 0 aliphatic rings. The van der Waals surface area contributed by atoms with Crippen LogP contribution in [0.3, 0.4) is 0 Å². The Kier molecular flexibility index (Phi) is 7.91. The summed E-state index contributed by atoms with van der Waals surface area (Å²) in [5, 5.41) is 3.65. The number of unbranched alkanes of at least 4 members (excludes halogenated alkanes) is 3. The molecule has 1 nitrogen and oxygen atoms in total. The zero-order chi connectivity index (χ0) is 15.0. The number of benzene rings is 1. The Morgan fingerprint density at radius 1 is 0.850 bits per heavy atom. The molecule has 0 amide bonds. The van der Waals surface area contributed by atoms with Crippen LogP contribution in [0.4, 0.5) is 0 Å². The Hall–Kier alpha value is -0.820. The highest BCUT2D eigenvalue weighted by Gasteiger charge is 2.05. The third kappa shape index (κ3) is 7.09. The Balaban J connectivity index is 2.18. The smallest absolute Gasteiger partial charge is 0.0291 e. The molecule has 1 rings (SSSR count). The van der Waals surface area contributed by atoms with Crippen LogP contribution < -0.4 is 5.32 Å². The van der Waals surface area contributed by atoms with Gasteiger partial charge < -0.3 is 5.32 Å². The molecule has 1 aromatic rings. The van der Waals surface area contributed by atoms with E-state index >= 15 is 0 Å². The highest BCUT2D eigenvalue weighted by atomic mass is 14.9. The zero-order valence-electron chi connectivity index (χ0n) is 14.1. The van der Waals surface area contributed by atoms with Gasteiger partial charge in [-0.2, -0.15) is 0 Å². The van der Waals surface area contributed by atoms with Crippen molar-refractivity contribution in [3.8, 4) is 0 Å². The molecule has 0 bridgehead atoms. The molecule has 0 radical (unpaired) electrons. The molecule has 0 aliphatic carbocycles. The molecule has 1 heteroatoms. The summed E-state index contributed by atoms with van der Waals surface area (Å²) in [7, 11) is 0. The Morgan fingerprint density at radius 3 is 2.05 bits per heavy atom. The van der Waals surface area contributed by atoms with E-state index in [1.165, 1.54) is 48.8 Å². The van der Waals surface area contributed by atoms with Gasteiger partial charge in [0.15, 0.2) is 0 Å². The minimum absolute atomic E-state index is 0.462. The van der Waals surface area contributed by atoms with E-state index < -0.39 is 0 Å². The Morgan fingerprint density at radius 2 is 1.45 bits per heavy atom. The zero-order valence-corrected chi connectivity index (χ0v) is 14.1. The van der Waals surface area contributed by atoms with Crippen molar-refractivity contribution in [1.29, 1.82) is 0 Å². The topological polar surface area (TPSA) is 12.0 Å². The third-order valence-electron chi connectivity index (χ3n) is 3.90. The van der Waals surface area contributed by atoms with Crippen molar-refractivity contribution in [3.05, 3.63) is 34.9 Å². The largest absolute Gasteiger partial charge is 0.310 e. The second-order valence-corrected chi connectivity index (χ2v) is 6.69. The highest BCUT2D eigenvalue weighted by molar-refractivity contribution is 5.30. The van der Waals surface area contributed by atoms with Crippen LogP contribution in [0.25, 0.3) is 0 Å². The van der Waals surface area contributed by atoms with E-state index in [2.05, 4.69) is 58.1 Å². The minimum Gasteiger partial charge on any atom is -0.310 e. The molecule has 1 atom stereocenters. The van der Waals surface area contributed by atoms with Crippen LogP contribution in [0, 0.1) is 19.8 Å². The lowest BCUT2D eigenvalue weighted by atomic mass is 10.0. The van der Waals surface area contributed by atoms with Gasteiger partial charge in [-0.1, -0.05) is 68.9 Å². The first-order valence-electron chi connectivity index (χ1n) is 8.30. The summed E-state index contributed by atoms with van der Waals surface area (Å²) in [6.45, 7) is 12.4. The fourth-order valence-corrected chi connectivity index (χ4v) is 2.73. The van der Waals surface area contributed by atoms with Gasteiger partial charge in [-0.15, -0.1) is 0 Å². The molecule has 0 saturated carbocycles. The van der Waals surface area contributed by atoms with E-state index in [0.29, 0.717) is 6.04 Å². The van der Waals surface area contributed by atoms with Gasteiger partial charge in [0, 0.05) is 6.04 Å². The monoisotopic (exact) mass is 275 g/mol. The lowest BCUT2D eigenvalue weighted by Gasteiger charge is -2.15. The summed E-state index contributed by atoms with van der Waals surface area (Å²) in [5.41, 5.74) is 4.15. The van der Waals surface area contributed by atoms with Crippen molar-refractivity contribution in [2.75, 3.05) is 6.54 Å². The van der Waals surface area contributed by atoms with Gasteiger partial charge in [-0.25, -0.2) is 0 Å². The Labute approximate surface area is 126 Å². The molecule has 0 aliphatic heterocycles. The molecule has 0 heterocycles. The van der Waals surface area contributed by atoms with Crippen LogP contribution in [0.1, 0.15) is 75.6 Å². The van der Waals surface area contributed by atoms with Crippen molar-refractivity contribution < 1.29 is 0 Å². The molecule has 0 saturated heterocycles. The van der Waals surface area contributed by atoms with Crippen molar-refractivity contribution in [1.82, 2.24) is 5.32 Å². The molecule has 1 N–H and O–H groups in total. The van der Waals surface area contributed by atoms with Crippen LogP contribution in [0.2, 0.25) is 0 Å². The van der Waals surface area contributed by atoms with E-state index in [-0.39, 0.29) is 0 Å². The maximum atomic E-state index is 3.65. The van der Waals surface area contributed by atoms with Gasteiger partial charge in [-0.05, 0) is 45.2 Å². The molecule has 0 spiro atoms. The van der Waals surface area contributed by atoms with Crippen molar-refractivity contribution in [2.45, 2.75) is 72.8 Å². The maximum absolute atomic E-state index is 3.65. The SMILES string of the molecule is Cc1cc(C)cc(C(C)NCCCCCCC(C)C)c1. The first-order valence-corrected chi connectivity index (χ1v) is 8.30. The van der Waals surface area contributed by atoms with Crippen LogP contribution in [0.5, 0.6) is 0 Å². The standard InChI is InChI=1S/C19H33N/c1-15(2)10-8-6-7-9-11-20-18(5)19-13-16(3)12-17(4)14-19/h12-15,18,20H,6-11H2,1-5H3. The predicted molar refractivity (Wildman–Crippen MR) is 90.3 cm³/mol. The van der Waals surface area contributed by atoms with Gasteiger partial charge in [-0.3, -0.25) is 0 Å². The second-order valence-electron chi connectivity index (χ2n) is 6.69. The van der Waals surface area contributed by atoms with Gasteiger partial charge >= 0.3 is 0 Å². The predicted octanol–water partition coefficient (Wildman–Crippen LogP) is 5.56. The minimum atomic E-state index is 0.462. The van der Waals surface area contributed by atoms with E-state index in [9.17, 15) is 0 Å². The fourth-order valence-electron chi connectivity index (χ4n) is 2.73. The molecule has 1 unspecified atom stereocenters. The molecule has 114 valence electrons. The second kappa shape index (κ2) is 9.18. The summed E-state index contributed by atoms with van der Waals surface area (Å²) >= 11 is 0. The summed E-state index contributed by atoms with van der Waals surface area (Å²) in [6.07, 6.45) is 6.82. The van der Waals surface area contributed by atoms with E-state index in [1.807, 2.05) is 0 Å². The number of nitrogens with one attached hydrogen (secondary N) is 1. The molecule has 0 fully saturated rings. The number of rotatable bonds is 9. The summed E-state index contributed by atoms with van der Waals surface area (Å²) < 4.78 is 0. The van der Waals surface area contributed by atoms with Crippen molar-refractivity contribution in [3.63, 3.8) is 0 Å². The molecular formula is C19H33N. The van der Waals surface area contributed by atoms with Gasteiger partial charge in [0.2, 0.25) is 0 Å². The van der Waals surface area contributed by atoms with Crippen LogP contribution in [-0.2, 0) is 0 Å². The maximum Gasteiger partial charge on any atom is 0.0291 e. The molecule has 20 heavy (non-hydrogen) atoms. The van der Waals surface area contributed by atoms with Crippen molar-refractivity contribution >= 4 is 0 Å². The summed E-state index contributed by atoms with van der Waals surface area (Å²) in [5.74, 6) is 0.859. The normalized spacial score (nSPS) is 12.9. The average molecular weight is 275 g/mol.